The lowest BCUT2D eigenvalue weighted by Gasteiger charge is -2.41. The van der Waals surface area contributed by atoms with Crippen molar-refractivity contribution in [3.8, 4) is 6.07 Å². The first kappa shape index (κ1) is 24.1. The topological polar surface area (TPSA) is 88.5 Å². The first-order chi connectivity index (χ1) is 15.5. The third-order valence-electron chi connectivity index (χ3n) is 5.15. The first-order valence-electron chi connectivity index (χ1n) is 9.65. The fraction of sp³-hybridized carbons (Fsp3) is 0.286. The molecule has 12 heteroatoms. The Morgan fingerprint density at radius 2 is 1.91 bits per heavy atom. The summed E-state index contributed by atoms with van der Waals surface area (Å²) in [7, 11) is 1.37. The van der Waals surface area contributed by atoms with Crippen LogP contribution in [-0.2, 0) is 11.0 Å². The summed E-state index contributed by atoms with van der Waals surface area (Å²) in [5, 5.41) is 13.8. The van der Waals surface area contributed by atoms with E-state index in [1.165, 1.54) is 41.1 Å². The second-order valence-electron chi connectivity index (χ2n) is 7.17. The van der Waals surface area contributed by atoms with E-state index in [-0.39, 0.29) is 36.0 Å². The second kappa shape index (κ2) is 9.54. The fourth-order valence-electron chi connectivity index (χ4n) is 3.49. The molecule has 0 bridgehead atoms. The second-order valence-corrected chi connectivity index (χ2v) is 7.58. The number of anilines is 2. The molecule has 1 aliphatic heterocycles. The van der Waals surface area contributed by atoms with E-state index in [1.807, 2.05) is 0 Å². The number of rotatable bonds is 3. The molecule has 1 unspecified atom stereocenters. The number of carbonyl (C=O) groups excluding carboxylic acids is 2. The van der Waals surface area contributed by atoms with Gasteiger partial charge in [-0.25, -0.2) is 9.18 Å². The highest BCUT2D eigenvalue weighted by atomic mass is 35.5. The van der Waals surface area contributed by atoms with Gasteiger partial charge >= 0.3 is 12.2 Å². The van der Waals surface area contributed by atoms with Gasteiger partial charge in [-0.3, -0.25) is 4.79 Å². The van der Waals surface area contributed by atoms with Crippen LogP contribution in [-0.4, -0.2) is 49.6 Å². The van der Waals surface area contributed by atoms with Crippen molar-refractivity contribution in [2.24, 2.45) is 0 Å². The number of nitrogens with one attached hydrogen (secondary N) is 2. The first-order valence-corrected chi connectivity index (χ1v) is 10.0. The van der Waals surface area contributed by atoms with Crippen LogP contribution in [0.25, 0.3) is 0 Å². The number of benzene rings is 2. The molecule has 0 spiro atoms. The van der Waals surface area contributed by atoms with E-state index in [1.54, 1.807) is 0 Å². The minimum atomic E-state index is -4.75. The zero-order chi connectivity index (χ0) is 24.3. The van der Waals surface area contributed by atoms with Crippen LogP contribution >= 0.6 is 11.6 Å². The van der Waals surface area contributed by atoms with Crippen LogP contribution in [0.3, 0.4) is 0 Å². The number of urea groups is 1. The van der Waals surface area contributed by atoms with Gasteiger partial charge in [-0.1, -0.05) is 11.6 Å². The average Bonchev–Trinajstić information content (AvgIpc) is 2.79. The van der Waals surface area contributed by atoms with Crippen molar-refractivity contribution in [1.82, 2.24) is 10.2 Å². The molecule has 7 nitrogen and oxygen atoms in total. The van der Waals surface area contributed by atoms with E-state index < -0.39 is 41.1 Å². The van der Waals surface area contributed by atoms with E-state index in [0.29, 0.717) is 0 Å². The maximum absolute atomic E-state index is 13.4. The van der Waals surface area contributed by atoms with Crippen LogP contribution in [0.1, 0.15) is 11.1 Å². The number of hydrogen-bond donors (Lipinski definition) is 2. The largest absolute Gasteiger partial charge is 0.417 e. The van der Waals surface area contributed by atoms with Crippen molar-refractivity contribution in [3.05, 3.63) is 58.4 Å². The van der Waals surface area contributed by atoms with Crippen LogP contribution in [0.4, 0.5) is 33.7 Å². The molecule has 0 saturated carbocycles. The van der Waals surface area contributed by atoms with E-state index in [9.17, 15) is 27.2 Å². The number of amides is 3. The Bertz CT molecular complexity index is 1120. The SMILES string of the molecule is CNC(=O)C1CN(C(=O)Nc2ccc(F)c(Cl)c2)CCN1c1ccc(C#N)c(C(F)(F)F)c1. The minimum absolute atomic E-state index is 0.0544. The molecule has 2 aromatic carbocycles. The number of piperazine rings is 1. The van der Waals surface area contributed by atoms with Crippen LogP contribution in [0, 0.1) is 17.1 Å². The van der Waals surface area contributed by atoms with Crippen LogP contribution in [0.5, 0.6) is 0 Å². The Balaban J connectivity index is 1.84. The predicted octanol–water partition coefficient (Wildman–Crippen LogP) is 3.84. The maximum atomic E-state index is 13.4. The van der Waals surface area contributed by atoms with E-state index in [4.69, 9.17) is 16.9 Å². The summed E-state index contributed by atoms with van der Waals surface area (Å²) < 4.78 is 53.5. The van der Waals surface area contributed by atoms with Gasteiger partial charge in [0.2, 0.25) is 5.91 Å². The number of halogens is 5. The lowest BCUT2D eigenvalue weighted by atomic mass is 10.0. The highest BCUT2D eigenvalue weighted by molar-refractivity contribution is 6.31. The zero-order valence-corrected chi connectivity index (χ0v) is 18.0. The van der Waals surface area contributed by atoms with Crippen molar-refractivity contribution in [2.75, 3.05) is 36.9 Å². The third kappa shape index (κ3) is 5.28. The summed E-state index contributed by atoms with van der Waals surface area (Å²) >= 11 is 5.72. The molecule has 2 aromatic rings. The summed E-state index contributed by atoms with van der Waals surface area (Å²) in [6.07, 6.45) is -4.75. The maximum Gasteiger partial charge on any atom is 0.417 e. The standard InChI is InChI=1S/C21H18ClF4N5O2/c1-28-19(32)18-11-30(20(33)29-13-3-5-17(23)16(22)8-13)6-7-31(18)14-4-2-12(10-27)15(9-14)21(24,25)26/h2-5,8-9,18H,6-7,11H2,1H3,(H,28,32)(H,29,33). The van der Waals surface area contributed by atoms with Crippen LogP contribution < -0.4 is 15.5 Å². The molecule has 1 atom stereocenters. The fourth-order valence-corrected chi connectivity index (χ4v) is 3.67. The lowest BCUT2D eigenvalue weighted by molar-refractivity contribution is -0.137. The Morgan fingerprint density at radius 1 is 1.18 bits per heavy atom. The van der Waals surface area contributed by atoms with Gasteiger partial charge in [0.15, 0.2) is 0 Å². The van der Waals surface area contributed by atoms with Gasteiger partial charge in [-0.05, 0) is 36.4 Å². The molecule has 2 N–H and O–H groups in total. The van der Waals surface area contributed by atoms with E-state index in [2.05, 4.69) is 10.6 Å². The Morgan fingerprint density at radius 3 is 2.52 bits per heavy atom. The Hall–Kier alpha value is -3.52. The molecule has 0 radical (unpaired) electrons. The van der Waals surface area contributed by atoms with Gasteiger partial charge in [-0.15, -0.1) is 0 Å². The zero-order valence-electron chi connectivity index (χ0n) is 17.2. The normalized spacial score (nSPS) is 16.2. The summed E-state index contributed by atoms with van der Waals surface area (Å²) in [5.74, 6) is -1.15. The van der Waals surface area contributed by atoms with Gasteiger partial charge in [0, 0.05) is 31.5 Å². The van der Waals surface area contributed by atoms with Gasteiger partial charge in [0.05, 0.1) is 28.8 Å². The molecule has 3 amide bonds. The number of likely N-dealkylation sites (N-methyl/N-ethyl adjacent to an activating group) is 1. The molecule has 0 aromatic heterocycles. The highest BCUT2D eigenvalue weighted by Crippen LogP contribution is 2.35. The minimum Gasteiger partial charge on any atom is -0.357 e. The van der Waals surface area contributed by atoms with Crippen molar-refractivity contribution >= 4 is 34.9 Å². The van der Waals surface area contributed by atoms with E-state index in [0.717, 1.165) is 18.2 Å². The Kier molecular flexibility index (Phi) is 6.98. The average molecular weight is 484 g/mol. The smallest absolute Gasteiger partial charge is 0.357 e. The van der Waals surface area contributed by atoms with Gasteiger partial charge in [0.25, 0.3) is 0 Å². The molecular formula is C21H18ClF4N5O2. The molecule has 174 valence electrons. The van der Waals surface area contributed by atoms with Crippen molar-refractivity contribution in [1.29, 1.82) is 5.26 Å². The molecule has 1 aliphatic rings. The lowest BCUT2D eigenvalue weighted by Crippen LogP contribution is -2.60. The summed E-state index contributed by atoms with van der Waals surface area (Å²) in [6, 6.07) is 6.80. The van der Waals surface area contributed by atoms with Crippen LogP contribution in [0.2, 0.25) is 5.02 Å². The summed E-state index contributed by atoms with van der Waals surface area (Å²) in [5.41, 5.74) is -1.29. The molecule has 3 rings (SSSR count). The van der Waals surface area contributed by atoms with E-state index >= 15 is 0 Å². The molecule has 1 saturated heterocycles. The molecule has 1 heterocycles. The van der Waals surface area contributed by atoms with Gasteiger partial charge in [0.1, 0.15) is 11.9 Å². The van der Waals surface area contributed by atoms with Crippen molar-refractivity contribution in [3.63, 3.8) is 0 Å². The number of hydrogen-bond acceptors (Lipinski definition) is 4. The quantitative estimate of drug-likeness (QED) is 0.649. The van der Waals surface area contributed by atoms with Crippen LogP contribution in [0.15, 0.2) is 36.4 Å². The Labute approximate surface area is 191 Å². The summed E-state index contributed by atoms with van der Waals surface area (Å²) in [6.45, 7) is 0.0241. The van der Waals surface area contributed by atoms with Gasteiger partial charge < -0.3 is 20.4 Å². The summed E-state index contributed by atoms with van der Waals surface area (Å²) in [4.78, 5) is 28.0. The van der Waals surface area contributed by atoms with Gasteiger partial charge in [-0.2, -0.15) is 18.4 Å². The number of carbonyl (C=O) groups is 2. The monoisotopic (exact) mass is 483 g/mol. The third-order valence-corrected chi connectivity index (χ3v) is 5.44. The molecule has 33 heavy (non-hydrogen) atoms. The predicted molar refractivity (Wildman–Crippen MR) is 113 cm³/mol. The number of nitrogens with zero attached hydrogens (tertiary/aromatic N) is 3. The number of nitriles is 1. The molecular weight excluding hydrogens is 466 g/mol. The highest BCUT2D eigenvalue weighted by Gasteiger charge is 2.37. The molecule has 1 fully saturated rings. The van der Waals surface area contributed by atoms with Crippen molar-refractivity contribution in [2.45, 2.75) is 12.2 Å². The number of alkyl halides is 3. The molecule has 0 aliphatic carbocycles. The van der Waals surface area contributed by atoms with Crippen molar-refractivity contribution < 1.29 is 27.2 Å².